The molecular weight excluding hydrogens is 198 g/mol. The van der Waals surface area contributed by atoms with Gasteiger partial charge in [-0.25, -0.2) is 0 Å². The molecule has 0 unspecified atom stereocenters. The quantitative estimate of drug-likeness (QED) is 0.447. The average Bonchev–Trinajstić information content (AvgIpc) is 1.75. The highest BCUT2D eigenvalue weighted by Crippen LogP contribution is 2.64. The molecule has 0 heterocycles. The van der Waals surface area contributed by atoms with Crippen LogP contribution in [0.25, 0.3) is 0 Å². The summed E-state index contributed by atoms with van der Waals surface area (Å²) in [6.45, 7) is 0. The van der Waals surface area contributed by atoms with Gasteiger partial charge in [0, 0.05) is 14.8 Å². The Morgan fingerprint density at radius 2 is 1.29 bits per heavy atom. The Balaban J connectivity index is 2.32. The van der Waals surface area contributed by atoms with Crippen molar-refractivity contribution in [2.45, 2.75) is 30.0 Å². The second-order valence-corrected chi connectivity index (χ2v) is 3.76. The van der Waals surface area contributed by atoms with Crippen molar-refractivity contribution in [3.8, 4) is 0 Å². The van der Waals surface area contributed by atoms with Crippen LogP contribution in [0.2, 0.25) is 0 Å². The smallest absolute Gasteiger partial charge is 0.264 e. The van der Waals surface area contributed by atoms with E-state index in [1.165, 1.54) is 0 Å². The van der Waals surface area contributed by atoms with E-state index >= 15 is 0 Å². The highest BCUT2D eigenvalue weighted by Gasteiger charge is 2.99. The Hall–Kier alpha value is -1.80. The van der Waals surface area contributed by atoms with Crippen LogP contribution in [0, 0.1) is 30.3 Å². The zero-order valence-electron chi connectivity index (χ0n) is 6.78. The molecule has 76 valence electrons. The number of nitro groups is 3. The van der Waals surface area contributed by atoms with E-state index in [0.717, 1.165) is 0 Å². The van der Waals surface area contributed by atoms with Gasteiger partial charge in [0.05, 0.1) is 0 Å². The molecule has 9 heteroatoms. The summed E-state index contributed by atoms with van der Waals surface area (Å²) in [4.78, 5) is 29.0. The molecule has 2 bridgehead atoms. The van der Waals surface area contributed by atoms with Gasteiger partial charge in [-0.05, 0) is 0 Å². The molecule has 3 saturated carbocycles. The van der Waals surface area contributed by atoms with Gasteiger partial charge < -0.3 is 0 Å². The van der Waals surface area contributed by atoms with E-state index < -0.39 is 31.9 Å². The third-order valence-corrected chi connectivity index (χ3v) is 3.18. The summed E-state index contributed by atoms with van der Waals surface area (Å²) in [6, 6.07) is -1.65. The lowest BCUT2D eigenvalue weighted by Gasteiger charge is -2.55. The monoisotopic (exact) mass is 203 g/mol. The van der Waals surface area contributed by atoms with E-state index in [4.69, 9.17) is 0 Å². The third kappa shape index (κ3) is 0.592. The van der Waals surface area contributed by atoms with Crippen molar-refractivity contribution in [2.75, 3.05) is 0 Å². The first-order valence-electron chi connectivity index (χ1n) is 3.79. The maximum Gasteiger partial charge on any atom is 0.350 e. The van der Waals surface area contributed by atoms with Gasteiger partial charge in [0.1, 0.15) is 12.8 Å². The van der Waals surface area contributed by atoms with E-state index in [-0.39, 0.29) is 12.8 Å². The van der Waals surface area contributed by atoms with Crippen LogP contribution in [0.1, 0.15) is 12.8 Å². The highest BCUT2D eigenvalue weighted by atomic mass is 16.7. The first kappa shape index (κ1) is 8.78. The van der Waals surface area contributed by atoms with Crippen molar-refractivity contribution >= 4 is 0 Å². The standard InChI is InChI=1S/C5H5N3O6/c9-6(10)3-4(7(11)12)1-5(3,2-4)8(13)14/h3H,1-2H2. The van der Waals surface area contributed by atoms with Crippen LogP contribution in [-0.4, -0.2) is 31.9 Å². The molecule has 3 rings (SSSR count). The Labute approximate surface area is 76.1 Å². The molecule has 0 spiro atoms. The van der Waals surface area contributed by atoms with Crippen molar-refractivity contribution in [3.63, 3.8) is 0 Å². The zero-order chi connectivity index (χ0) is 10.7. The fourth-order valence-electron chi connectivity index (χ4n) is 2.48. The zero-order valence-corrected chi connectivity index (χ0v) is 6.78. The molecule has 9 nitrogen and oxygen atoms in total. The lowest BCUT2D eigenvalue weighted by molar-refractivity contribution is -0.811. The molecule has 0 saturated heterocycles. The Morgan fingerprint density at radius 1 is 0.929 bits per heavy atom. The van der Waals surface area contributed by atoms with Crippen LogP contribution in [0.4, 0.5) is 0 Å². The Morgan fingerprint density at radius 3 is 1.50 bits per heavy atom. The molecule has 3 fully saturated rings. The predicted octanol–water partition coefficient (Wildman–Crippen LogP) is -0.530. The fourth-order valence-corrected chi connectivity index (χ4v) is 2.48. The molecular formula is C5H5N3O6. The number of hydrogen-bond acceptors (Lipinski definition) is 6. The molecule has 0 amide bonds. The van der Waals surface area contributed by atoms with Crippen LogP contribution >= 0.6 is 0 Å². The van der Waals surface area contributed by atoms with E-state index in [2.05, 4.69) is 0 Å². The topological polar surface area (TPSA) is 129 Å². The van der Waals surface area contributed by atoms with E-state index in [9.17, 15) is 30.3 Å². The minimum Gasteiger partial charge on any atom is -0.264 e. The van der Waals surface area contributed by atoms with E-state index in [0.29, 0.717) is 0 Å². The van der Waals surface area contributed by atoms with Crippen molar-refractivity contribution < 1.29 is 14.8 Å². The maximum absolute atomic E-state index is 10.5. The van der Waals surface area contributed by atoms with Gasteiger partial charge in [0.2, 0.25) is 0 Å². The first-order chi connectivity index (χ1) is 6.37. The molecule has 0 radical (unpaired) electrons. The summed E-state index contributed by atoms with van der Waals surface area (Å²) < 4.78 is 0. The molecule has 3 aliphatic carbocycles. The highest BCUT2D eigenvalue weighted by molar-refractivity contribution is 5.28. The fraction of sp³-hybridized carbons (Fsp3) is 1.00. The maximum atomic E-state index is 10.5. The summed E-state index contributed by atoms with van der Waals surface area (Å²) in [6.07, 6.45) is -0.628. The largest absolute Gasteiger partial charge is 0.350 e. The normalized spacial score (nSPS) is 43.3. The molecule has 0 aliphatic heterocycles. The van der Waals surface area contributed by atoms with Crippen LogP contribution in [0.5, 0.6) is 0 Å². The van der Waals surface area contributed by atoms with Crippen molar-refractivity contribution in [3.05, 3.63) is 30.3 Å². The van der Waals surface area contributed by atoms with Gasteiger partial charge in [0.25, 0.3) is 0 Å². The van der Waals surface area contributed by atoms with Gasteiger partial charge in [-0.2, -0.15) is 0 Å². The molecule has 0 N–H and O–H groups in total. The van der Waals surface area contributed by atoms with Gasteiger partial charge in [-0.15, -0.1) is 0 Å². The second-order valence-electron chi connectivity index (χ2n) is 3.76. The lowest BCUT2D eigenvalue weighted by atomic mass is 9.41. The Bertz CT molecular complexity index is 332. The summed E-state index contributed by atoms with van der Waals surface area (Å²) in [5.41, 5.74) is -3.34. The summed E-state index contributed by atoms with van der Waals surface area (Å²) in [5.74, 6) is 0. The molecule has 0 aromatic rings. The van der Waals surface area contributed by atoms with Crippen molar-refractivity contribution in [1.29, 1.82) is 0 Å². The first-order valence-corrected chi connectivity index (χ1v) is 3.79. The molecule has 0 aromatic carbocycles. The van der Waals surface area contributed by atoms with Crippen LogP contribution < -0.4 is 0 Å². The number of hydrogen-bond donors (Lipinski definition) is 0. The van der Waals surface area contributed by atoms with Crippen LogP contribution in [-0.2, 0) is 0 Å². The number of nitrogens with zero attached hydrogens (tertiary/aromatic N) is 3. The van der Waals surface area contributed by atoms with Gasteiger partial charge in [0.15, 0.2) is 0 Å². The van der Waals surface area contributed by atoms with E-state index in [1.807, 2.05) is 0 Å². The summed E-state index contributed by atoms with van der Waals surface area (Å²) >= 11 is 0. The van der Waals surface area contributed by atoms with Gasteiger partial charge in [-0.3, -0.25) is 30.3 Å². The third-order valence-electron chi connectivity index (χ3n) is 3.18. The SMILES string of the molecule is O=[N+]([O-])C1C2([N+](=O)[O-])CC1([N+](=O)[O-])C2. The minimum absolute atomic E-state index is 0.314. The van der Waals surface area contributed by atoms with Crippen LogP contribution in [0.15, 0.2) is 0 Å². The van der Waals surface area contributed by atoms with Gasteiger partial charge in [-0.1, -0.05) is 0 Å². The van der Waals surface area contributed by atoms with Crippen molar-refractivity contribution in [1.82, 2.24) is 0 Å². The lowest BCUT2D eigenvalue weighted by Crippen LogP contribution is -2.90. The average molecular weight is 203 g/mol. The van der Waals surface area contributed by atoms with Gasteiger partial charge >= 0.3 is 17.1 Å². The number of rotatable bonds is 3. The molecule has 0 atom stereocenters. The summed E-state index contributed by atoms with van der Waals surface area (Å²) in [5, 5.41) is 31.4. The van der Waals surface area contributed by atoms with Crippen LogP contribution in [0.3, 0.4) is 0 Å². The Kier molecular flexibility index (Phi) is 1.25. The second kappa shape index (κ2) is 1.99. The van der Waals surface area contributed by atoms with E-state index in [1.54, 1.807) is 0 Å². The minimum atomic E-state index is -1.67. The van der Waals surface area contributed by atoms with Crippen molar-refractivity contribution in [2.24, 2.45) is 0 Å². The molecule has 14 heavy (non-hydrogen) atoms. The predicted molar refractivity (Wildman–Crippen MR) is 39.5 cm³/mol. The molecule has 3 aliphatic rings. The summed E-state index contributed by atoms with van der Waals surface area (Å²) in [7, 11) is 0. The molecule has 0 aromatic heterocycles.